The van der Waals surface area contributed by atoms with Crippen LogP contribution in [0.4, 0.5) is 5.69 Å². The van der Waals surface area contributed by atoms with E-state index in [-0.39, 0.29) is 11.9 Å². The highest BCUT2D eigenvalue weighted by Crippen LogP contribution is 2.26. The maximum Gasteiger partial charge on any atom is 0.254 e. The third-order valence-corrected chi connectivity index (χ3v) is 3.55. The highest BCUT2D eigenvalue weighted by molar-refractivity contribution is 5.97. The smallest absolute Gasteiger partial charge is 0.254 e. The van der Waals surface area contributed by atoms with Crippen molar-refractivity contribution in [2.75, 3.05) is 18.4 Å². The van der Waals surface area contributed by atoms with Crippen LogP contribution in [0.5, 0.6) is 0 Å². The van der Waals surface area contributed by atoms with Crippen LogP contribution < -0.4 is 5.32 Å². The zero-order valence-electron chi connectivity index (χ0n) is 11.5. The van der Waals surface area contributed by atoms with Crippen molar-refractivity contribution in [3.8, 4) is 0 Å². The molecular formula is C15H22N2O. The summed E-state index contributed by atoms with van der Waals surface area (Å²) in [5.41, 5.74) is 3.19. The molecule has 1 aliphatic rings. The first-order valence-corrected chi connectivity index (χ1v) is 6.82. The summed E-state index contributed by atoms with van der Waals surface area (Å²) in [5.74, 6) is 0.160. The normalized spacial score (nSPS) is 14.0. The van der Waals surface area contributed by atoms with Crippen molar-refractivity contribution in [1.29, 1.82) is 0 Å². The number of nitrogens with zero attached hydrogens (tertiary/aromatic N) is 1. The second-order valence-corrected chi connectivity index (χ2v) is 5.05. The molecule has 98 valence electrons. The molecule has 0 saturated heterocycles. The molecule has 1 heterocycles. The molecule has 3 heteroatoms. The molecular weight excluding hydrogens is 224 g/mol. The SMILES string of the molecule is CCN(C(=O)c1cccc2c1CCCN2)C(C)C. The van der Waals surface area contributed by atoms with E-state index in [0.29, 0.717) is 0 Å². The molecule has 18 heavy (non-hydrogen) atoms. The number of anilines is 1. The molecule has 0 saturated carbocycles. The zero-order valence-corrected chi connectivity index (χ0v) is 11.5. The van der Waals surface area contributed by atoms with Crippen LogP contribution in [-0.2, 0) is 6.42 Å². The average molecular weight is 246 g/mol. The summed E-state index contributed by atoms with van der Waals surface area (Å²) in [7, 11) is 0. The first-order chi connectivity index (χ1) is 8.65. The predicted molar refractivity (Wildman–Crippen MR) is 75.1 cm³/mol. The van der Waals surface area contributed by atoms with Gasteiger partial charge in [-0.05, 0) is 51.3 Å². The first kappa shape index (κ1) is 12.9. The summed E-state index contributed by atoms with van der Waals surface area (Å²) >= 11 is 0. The Labute approximate surface area is 109 Å². The molecule has 1 aromatic rings. The first-order valence-electron chi connectivity index (χ1n) is 6.82. The van der Waals surface area contributed by atoms with Gasteiger partial charge in [0.2, 0.25) is 0 Å². The number of hydrogen-bond donors (Lipinski definition) is 1. The summed E-state index contributed by atoms with van der Waals surface area (Å²) in [6.07, 6.45) is 2.10. The number of nitrogens with one attached hydrogen (secondary N) is 1. The summed E-state index contributed by atoms with van der Waals surface area (Å²) in [5, 5.41) is 3.37. The monoisotopic (exact) mass is 246 g/mol. The van der Waals surface area contributed by atoms with Gasteiger partial charge in [-0.1, -0.05) is 6.07 Å². The lowest BCUT2D eigenvalue weighted by Gasteiger charge is -2.28. The van der Waals surface area contributed by atoms with Crippen molar-refractivity contribution in [2.24, 2.45) is 0 Å². The molecule has 3 nitrogen and oxygen atoms in total. The van der Waals surface area contributed by atoms with Crippen molar-refractivity contribution in [1.82, 2.24) is 4.90 Å². The van der Waals surface area contributed by atoms with Crippen LogP contribution in [0.15, 0.2) is 18.2 Å². The molecule has 1 aliphatic heterocycles. The van der Waals surface area contributed by atoms with E-state index < -0.39 is 0 Å². The van der Waals surface area contributed by atoms with Crippen molar-refractivity contribution in [3.63, 3.8) is 0 Å². The standard InChI is InChI=1S/C15H22N2O/c1-4-17(11(2)3)15(18)13-7-5-9-14-12(13)8-6-10-16-14/h5,7,9,11,16H,4,6,8,10H2,1-3H3. The molecule has 1 aromatic carbocycles. The highest BCUT2D eigenvalue weighted by atomic mass is 16.2. The molecule has 0 fully saturated rings. The second-order valence-electron chi connectivity index (χ2n) is 5.05. The van der Waals surface area contributed by atoms with E-state index in [9.17, 15) is 4.79 Å². The van der Waals surface area contributed by atoms with Gasteiger partial charge in [0.25, 0.3) is 5.91 Å². The van der Waals surface area contributed by atoms with E-state index in [1.54, 1.807) is 0 Å². The Balaban J connectivity index is 2.36. The lowest BCUT2D eigenvalue weighted by atomic mass is 9.96. The maximum absolute atomic E-state index is 12.6. The van der Waals surface area contributed by atoms with E-state index in [0.717, 1.165) is 37.2 Å². The van der Waals surface area contributed by atoms with E-state index >= 15 is 0 Å². The Bertz CT molecular complexity index is 440. The number of carbonyl (C=O) groups is 1. The molecule has 0 aromatic heterocycles. The van der Waals surface area contributed by atoms with Crippen molar-refractivity contribution >= 4 is 11.6 Å². The summed E-state index contributed by atoms with van der Waals surface area (Å²) < 4.78 is 0. The van der Waals surface area contributed by atoms with Crippen molar-refractivity contribution in [3.05, 3.63) is 29.3 Å². The third kappa shape index (κ3) is 2.35. The summed E-state index contributed by atoms with van der Waals surface area (Å²) in [6, 6.07) is 6.24. The molecule has 0 bridgehead atoms. The fourth-order valence-electron chi connectivity index (χ4n) is 2.61. The largest absolute Gasteiger partial charge is 0.385 e. The number of carbonyl (C=O) groups excluding carboxylic acids is 1. The van der Waals surface area contributed by atoms with Gasteiger partial charge in [0, 0.05) is 30.4 Å². The van der Waals surface area contributed by atoms with E-state index in [1.165, 1.54) is 5.56 Å². The third-order valence-electron chi connectivity index (χ3n) is 3.55. The molecule has 1 amide bonds. The minimum atomic E-state index is 0.160. The number of rotatable bonds is 3. The molecule has 2 rings (SSSR count). The number of benzene rings is 1. The van der Waals surface area contributed by atoms with Gasteiger partial charge in [0.05, 0.1) is 0 Å². The maximum atomic E-state index is 12.6. The topological polar surface area (TPSA) is 32.3 Å². The Morgan fingerprint density at radius 1 is 1.44 bits per heavy atom. The van der Waals surface area contributed by atoms with Crippen molar-refractivity contribution in [2.45, 2.75) is 39.7 Å². The van der Waals surface area contributed by atoms with Gasteiger partial charge in [-0.2, -0.15) is 0 Å². The zero-order chi connectivity index (χ0) is 13.1. The van der Waals surface area contributed by atoms with Crippen LogP contribution in [0.25, 0.3) is 0 Å². The van der Waals surface area contributed by atoms with Gasteiger partial charge in [0.1, 0.15) is 0 Å². The van der Waals surface area contributed by atoms with Gasteiger partial charge in [-0.15, -0.1) is 0 Å². The van der Waals surface area contributed by atoms with Gasteiger partial charge in [0.15, 0.2) is 0 Å². The lowest BCUT2D eigenvalue weighted by molar-refractivity contribution is 0.0715. The minimum absolute atomic E-state index is 0.160. The number of fused-ring (bicyclic) bond motifs is 1. The highest BCUT2D eigenvalue weighted by Gasteiger charge is 2.22. The molecule has 0 aliphatic carbocycles. The Hall–Kier alpha value is -1.51. The van der Waals surface area contributed by atoms with E-state index in [2.05, 4.69) is 25.2 Å². The van der Waals surface area contributed by atoms with Crippen LogP contribution in [0.2, 0.25) is 0 Å². The van der Waals surface area contributed by atoms with Crippen LogP contribution in [0.3, 0.4) is 0 Å². The molecule has 0 radical (unpaired) electrons. The van der Waals surface area contributed by atoms with Gasteiger partial charge in [-0.3, -0.25) is 4.79 Å². The molecule has 0 unspecified atom stereocenters. The predicted octanol–water partition coefficient (Wildman–Crippen LogP) is 2.92. The average Bonchev–Trinajstić information content (AvgIpc) is 2.38. The van der Waals surface area contributed by atoms with Gasteiger partial charge < -0.3 is 10.2 Å². The van der Waals surface area contributed by atoms with E-state index in [1.807, 2.05) is 24.0 Å². The number of amides is 1. The second kappa shape index (κ2) is 5.42. The molecule has 1 N–H and O–H groups in total. The van der Waals surface area contributed by atoms with Gasteiger partial charge >= 0.3 is 0 Å². The lowest BCUT2D eigenvalue weighted by Crippen LogP contribution is -2.37. The van der Waals surface area contributed by atoms with Crippen LogP contribution in [0.1, 0.15) is 43.1 Å². The Morgan fingerprint density at radius 2 is 2.22 bits per heavy atom. The van der Waals surface area contributed by atoms with Crippen LogP contribution >= 0.6 is 0 Å². The molecule has 0 atom stereocenters. The summed E-state index contributed by atoms with van der Waals surface area (Å²) in [4.78, 5) is 14.5. The van der Waals surface area contributed by atoms with Crippen molar-refractivity contribution < 1.29 is 4.79 Å². The quantitative estimate of drug-likeness (QED) is 0.889. The van der Waals surface area contributed by atoms with Gasteiger partial charge in [-0.25, -0.2) is 0 Å². The molecule has 0 spiro atoms. The van der Waals surface area contributed by atoms with Crippen LogP contribution in [-0.4, -0.2) is 29.9 Å². The van der Waals surface area contributed by atoms with E-state index in [4.69, 9.17) is 0 Å². The Morgan fingerprint density at radius 3 is 2.89 bits per heavy atom. The Kier molecular flexibility index (Phi) is 3.90. The minimum Gasteiger partial charge on any atom is -0.385 e. The fourth-order valence-corrected chi connectivity index (χ4v) is 2.61. The fraction of sp³-hybridized carbons (Fsp3) is 0.533. The van der Waals surface area contributed by atoms with Crippen LogP contribution in [0, 0.1) is 0 Å². The summed E-state index contributed by atoms with van der Waals surface area (Å²) in [6.45, 7) is 7.93. The number of hydrogen-bond acceptors (Lipinski definition) is 2.